The number of ether oxygens (including phenoxy) is 3. The molecule has 0 N–H and O–H groups in total. The second kappa shape index (κ2) is 8.41. The first-order chi connectivity index (χ1) is 14.1. The first-order valence-electron chi connectivity index (χ1n) is 10.2. The third-order valence-electron chi connectivity index (χ3n) is 6.08. The third kappa shape index (κ3) is 4.22. The first kappa shape index (κ1) is 19.7. The van der Waals surface area contributed by atoms with Crippen LogP contribution in [0.1, 0.15) is 30.4 Å². The highest BCUT2D eigenvalue weighted by Crippen LogP contribution is 2.54. The van der Waals surface area contributed by atoms with Gasteiger partial charge in [0.05, 0.1) is 17.9 Å². The minimum Gasteiger partial charge on any atom is -0.461 e. The molecule has 150 valence electrons. The molecule has 1 saturated carbocycles. The molecule has 5 nitrogen and oxygen atoms in total. The average molecular weight is 392 g/mol. The fraction of sp³-hybridized carbons (Fsp3) is 0.391. The highest BCUT2D eigenvalue weighted by Gasteiger charge is 2.62. The lowest BCUT2D eigenvalue weighted by molar-refractivity contribution is -0.162. The van der Waals surface area contributed by atoms with Gasteiger partial charge in [0.15, 0.2) is 0 Å². The predicted molar refractivity (Wildman–Crippen MR) is 109 cm³/mol. The number of hydrogen-bond donors (Lipinski definition) is 0. The van der Waals surface area contributed by atoms with Gasteiger partial charge in [0.25, 0.3) is 0 Å². The molecular weight excluding hydrogens is 367 g/mol. The van der Waals surface area contributed by atoms with Crippen molar-refractivity contribution in [2.75, 3.05) is 0 Å². The Morgan fingerprint density at radius 3 is 2.14 bits per heavy atom. The lowest BCUT2D eigenvalue weighted by Crippen LogP contribution is -2.40. The Bertz CT molecular complexity index is 856. The summed E-state index contributed by atoms with van der Waals surface area (Å²) >= 11 is 0. The van der Waals surface area contributed by atoms with Crippen LogP contribution in [0.4, 0.5) is 0 Å². The number of fused-ring (bicyclic) bond motifs is 2. The Morgan fingerprint density at radius 1 is 0.966 bits per heavy atom. The van der Waals surface area contributed by atoms with Crippen LogP contribution in [-0.4, -0.2) is 31.4 Å². The Labute approximate surface area is 171 Å². The standard InChI is InChI=1S/C23H25BO5/c24-21-18-11-12-23(29-21,13-19(25)27-14-16-7-3-1-4-8-16)20(18)22(26)28-15-17-9-5-2-6-10-17/h1-10,18,20-21H,11-15,24H2/t18-,20?,21+,23-/m0/s1. The molecule has 4 atom stereocenters. The van der Waals surface area contributed by atoms with Crippen LogP contribution >= 0.6 is 0 Å². The Hall–Kier alpha value is -2.60. The van der Waals surface area contributed by atoms with Gasteiger partial charge in [-0.15, -0.1) is 0 Å². The Kier molecular flexibility index (Phi) is 5.72. The molecular formula is C23H25BO5. The van der Waals surface area contributed by atoms with E-state index in [9.17, 15) is 9.59 Å². The highest BCUT2D eigenvalue weighted by atomic mass is 16.6. The second-order valence-electron chi connectivity index (χ2n) is 7.98. The summed E-state index contributed by atoms with van der Waals surface area (Å²) in [5, 5.41) is 0. The van der Waals surface area contributed by atoms with Crippen LogP contribution < -0.4 is 0 Å². The van der Waals surface area contributed by atoms with E-state index in [2.05, 4.69) is 0 Å². The van der Waals surface area contributed by atoms with E-state index >= 15 is 0 Å². The summed E-state index contributed by atoms with van der Waals surface area (Å²) in [7, 11) is 1.97. The second-order valence-corrected chi connectivity index (χ2v) is 7.98. The van der Waals surface area contributed by atoms with Crippen molar-refractivity contribution in [3.8, 4) is 0 Å². The minimum absolute atomic E-state index is 0.0695. The van der Waals surface area contributed by atoms with Gasteiger partial charge >= 0.3 is 11.9 Å². The number of rotatable bonds is 7. The van der Waals surface area contributed by atoms with E-state index in [0.29, 0.717) is 6.42 Å². The molecule has 2 bridgehead atoms. The maximum Gasteiger partial charge on any atom is 0.312 e. The van der Waals surface area contributed by atoms with E-state index in [0.717, 1.165) is 17.5 Å². The molecule has 0 radical (unpaired) electrons. The van der Waals surface area contributed by atoms with Gasteiger partial charge in [-0.05, 0) is 29.9 Å². The van der Waals surface area contributed by atoms with Crippen LogP contribution in [0.15, 0.2) is 60.7 Å². The van der Waals surface area contributed by atoms with Crippen LogP contribution in [0.25, 0.3) is 0 Å². The van der Waals surface area contributed by atoms with Gasteiger partial charge in [0.1, 0.15) is 21.1 Å². The number of hydrogen-bond acceptors (Lipinski definition) is 5. The van der Waals surface area contributed by atoms with E-state index in [1.165, 1.54) is 0 Å². The van der Waals surface area contributed by atoms with Crippen LogP contribution in [0.2, 0.25) is 0 Å². The molecule has 2 fully saturated rings. The van der Waals surface area contributed by atoms with Crippen molar-refractivity contribution in [1.29, 1.82) is 0 Å². The van der Waals surface area contributed by atoms with Crippen LogP contribution in [0.3, 0.4) is 0 Å². The average Bonchev–Trinajstić information content (AvgIpc) is 3.23. The molecule has 2 aromatic carbocycles. The molecule has 1 aliphatic heterocycles. The van der Waals surface area contributed by atoms with E-state index in [-0.39, 0.29) is 43.5 Å². The maximum absolute atomic E-state index is 12.9. The molecule has 0 aromatic heterocycles. The van der Waals surface area contributed by atoms with E-state index in [4.69, 9.17) is 14.2 Å². The first-order valence-corrected chi connectivity index (χ1v) is 10.2. The molecule has 1 unspecified atom stereocenters. The Morgan fingerprint density at radius 2 is 1.55 bits per heavy atom. The maximum atomic E-state index is 12.9. The molecule has 1 saturated heterocycles. The fourth-order valence-corrected chi connectivity index (χ4v) is 4.70. The number of carbonyl (C=O) groups is 2. The van der Waals surface area contributed by atoms with Gasteiger partial charge in [-0.25, -0.2) is 0 Å². The Balaban J connectivity index is 1.40. The zero-order valence-electron chi connectivity index (χ0n) is 16.6. The molecule has 0 amide bonds. The smallest absolute Gasteiger partial charge is 0.312 e. The zero-order valence-corrected chi connectivity index (χ0v) is 16.6. The molecule has 1 heterocycles. The molecule has 4 rings (SSSR count). The van der Waals surface area contributed by atoms with Crippen molar-refractivity contribution in [2.24, 2.45) is 11.8 Å². The SMILES string of the molecule is B[C@@H]1O[C@]2(CC(=O)OCc3ccccc3)CC[C@H]1C2C(=O)OCc1ccccc1. The summed E-state index contributed by atoms with van der Waals surface area (Å²) in [5.41, 5.74) is 1.06. The fourth-order valence-electron chi connectivity index (χ4n) is 4.70. The van der Waals surface area contributed by atoms with Gasteiger partial charge in [-0.3, -0.25) is 9.59 Å². The van der Waals surface area contributed by atoms with Gasteiger partial charge in [0, 0.05) is 6.00 Å². The summed E-state index contributed by atoms with van der Waals surface area (Å²) in [6.07, 6.45) is 1.61. The lowest BCUT2D eigenvalue weighted by atomic mass is 9.80. The monoisotopic (exact) mass is 392 g/mol. The summed E-state index contributed by atoms with van der Waals surface area (Å²) in [6, 6.07) is 19.1. The zero-order chi connectivity index (χ0) is 20.3. The predicted octanol–water partition coefficient (Wildman–Crippen LogP) is 2.62. The van der Waals surface area contributed by atoms with Gasteiger partial charge in [-0.2, -0.15) is 0 Å². The summed E-state index contributed by atoms with van der Waals surface area (Å²) in [5.74, 6) is -0.966. The highest BCUT2D eigenvalue weighted by molar-refractivity contribution is 6.12. The summed E-state index contributed by atoms with van der Waals surface area (Å²) in [6.45, 7) is 0.448. The van der Waals surface area contributed by atoms with E-state index in [1.54, 1.807) is 0 Å². The normalized spacial score (nSPS) is 27.5. The molecule has 29 heavy (non-hydrogen) atoms. The van der Waals surface area contributed by atoms with Crippen molar-refractivity contribution in [3.63, 3.8) is 0 Å². The summed E-state index contributed by atoms with van der Waals surface area (Å²) in [4.78, 5) is 25.5. The molecule has 2 aromatic rings. The van der Waals surface area contributed by atoms with Crippen LogP contribution in [0, 0.1) is 11.8 Å². The topological polar surface area (TPSA) is 61.8 Å². The van der Waals surface area contributed by atoms with E-state index < -0.39 is 11.5 Å². The van der Waals surface area contributed by atoms with Gasteiger partial charge in [-0.1, -0.05) is 60.7 Å². The molecule has 0 spiro atoms. The van der Waals surface area contributed by atoms with Crippen molar-refractivity contribution in [1.82, 2.24) is 0 Å². The van der Waals surface area contributed by atoms with Gasteiger partial charge in [0.2, 0.25) is 0 Å². The van der Waals surface area contributed by atoms with Crippen molar-refractivity contribution in [3.05, 3.63) is 71.8 Å². The number of esters is 2. The third-order valence-corrected chi connectivity index (χ3v) is 6.08. The number of benzene rings is 2. The molecule has 1 aliphatic carbocycles. The van der Waals surface area contributed by atoms with E-state index in [1.807, 2.05) is 68.5 Å². The van der Waals surface area contributed by atoms with Crippen molar-refractivity contribution in [2.45, 2.75) is 44.1 Å². The minimum atomic E-state index is -0.814. The molecule has 6 heteroatoms. The lowest BCUT2D eigenvalue weighted by Gasteiger charge is -2.30. The largest absolute Gasteiger partial charge is 0.461 e. The van der Waals surface area contributed by atoms with Crippen molar-refractivity contribution < 1.29 is 23.8 Å². The van der Waals surface area contributed by atoms with Crippen molar-refractivity contribution >= 4 is 19.8 Å². The number of carbonyl (C=O) groups excluding carboxylic acids is 2. The summed E-state index contributed by atoms with van der Waals surface area (Å²) < 4.78 is 17.2. The van der Waals surface area contributed by atoms with Crippen LogP contribution in [-0.2, 0) is 37.0 Å². The molecule has 2 aliphatic rings. The quantitative estimate of drug-likeness (QED) is 0.536. The van der Waals surface area contributed by atoms with Gasteiger partial charge < -0.3 is 14.2 Å². The van der Waals surface area contributed by atoms with Crippen LogP contribution in [0.5, 0.6) is 0 Å².